The van der Waals surface area contributed by atoms with Crippen LogP contribution in [0.4, 0.5) is 0 Å². The molecule has 0 radical (unpaired) electrons. The van der Waals surface area contributed by atoms with Gasteiger partial charge in [0.15, 0.2) is 5.96 Å². The van der Waals surface area contributed by atoms with Crippen molar-refractivity contribution in [1.29, 1.82) is 0 Å². The smallest absolute Gasteiger partial charge is 0.191 e. The SMILES string of the molecule is CN(C(N)=NCCc1ccc(OCc2ccccc2)cc1)C1CC1.I. The first kappa shape index (κ1) is 19.6. The van der Waals surface area contributed by atoms with E-state index in [1.807, 2.05) is 37.4 Å². The van der Waals surface area contributed by atoms with Crippen molar-refractivity contribution in [3.05, 3.63) is 65.7 Å². The molecule has 0 aromatic heterocycles. The van der Waals surface area contributed by atoms with Gasteiger partial charge in [0.2, 0.25) is 0 Å². The Kier molecular flexibility index (Phi) is 7.55. The molecule has 0 spiro atoms. The third-order valence-corrected chi connectivity index (χ3v) is 4.30. The predicted molar refractivity (Wildman–Crippen MR) is 114 cm³/mol. The van der Waals surface area contributed by atoms with Crippen molar-refractivity contribution in [3.63, 3.8) is 0 Å². The van der Waals surface area contributed by atoms with Gasteiger partial charge in [-0.25, -0.2) is 0 Å². The van der Waals surface area contributed by atoms with Gasteiger partial charge in [-0.15, -0.1) is 24.0 Å². The van der Waals surface area contributed by atoms with E-state index >= 15 is 0 Å². The molecule has 0 bridgehead atoms. The Bertz CT molecular complexity index is 669. The molecule has 3 rings (SSSR count). The highest BCUT2D eigenvalue weighted by atomic mass is 127. The van der Waals surface area contributed by atoms with E-state index in [4.69, 9.17) is 10.5 Å². The molecule has 2 N–H and O–H groups in total. The number of ether oxygens (including phenoxy) is 1. The number of nitrogens with zero attached hydrogens (tertiary/aromatic N) is 2. The lowest BCUT2D eigenvalue weighted by Crippen LogP contribution is -2.35. The number of halogens is 1. The standard InChI is InChI=1S/C20H25N3O.HI/c1-23(18-9-10-18)20(21)22-14-13-16-7-11-19(12-8-16)24-15-17-5-3-2-4-6-17;/h2-8,11-12,18H,9-10,13-15H2,1H3,(H2,21,22);1H. The van der Waals surface area contributed by atoms with Gasteiger partial charge in [-0.2, -0.15) is 0 Å². The minimum atomic E-state index is 0. The quantitative estimate of drug-likeness (QED) is 0.396. The Morgan fingerprint density at radius 2 is 1.76 bits per heavy atom. The zero-order chi connectivity index (χ0) is 16.8. The highest BCUT2D eigenvalue weighted by Crippen LogP contribution is 2.24. The van der Waals surface area contributed by atoms with Gasteiger partial charge in [-0.05, 0) is 42.5 Å². The van der Waals surface area contributed by atoms with Crippen LogP contribution in [0.5, 0.6) is 5.75 Å². The molecule has 1 aliphatic rings. The lowest BCUT2D eigenvalue weighted by atomic mass is 10.1. The van der Waals surface area contributed by atoms with Crippen molar-refractivity contribution in [2.75, 3.05) is 13.6 Å². The van der Waals surface area contributed by atoms with E-state index in [9.17, 15) is 0 Å². The van der Waals surface area contributed by atoms with E-state index in [0.717, 1.165) is 12.2 Å². The largest absolute Gasteiger partial charge is 0.489 e. The average molecular weight is 451 g/mol. The summed E-state index contributed by atoms with van der Waals surface area (Å²) in [5, 5.41) is 0. The van der Waals surface area contributed by atoms with Crippen LogP contribution in [0.3, 0.4) is 0 Å². The lowest BCUT2D eigenvalue weighted by Gasteiger charge is -2.16. The molecule has 0 atom stereocenters. The summed E-state index contributed by atoms with van der Waals surface area (Å²) >= 11 is 0. The Labute approximate surface area is 167 Å². The molecule has 1 aliphatic carbocycles. The van der Waals surface area contributed by atoms with E-state index in [-0.39, 0.29) is 24.0 Å². The van der Waals surface area contributed by atoms with Crippen LogP contribution >= 0.6 is 24.0 Å². The van der Waals surface area contributed by atoms with Gasteiger partial charge < -0.3 is 15.4 Å². The maximum absolute atomic E-state index is 6.00. The van der Waals surface area contributed by atoms with Crippen LogP contribution in [0.1, 0.15) is 24.0 Å². The van der Waals surface area contributed by atoms with Crippen LogP contribution in [-0.2, 0) is 13.0 Å². The fraction of sp³-hybridized carbons (Fsp3) is 0.350. The topological polar surface area (TPSA) is 50.8 Å². The first-order valence-corrected chi connectivity index (χ1v) is 8.51. The Balaban J connectivity index is 0.00000225. The summed E-state index contributed by atoms with van der Waals surface area (Å²) in [7, 11) is 2.02. The van der Waals surface area contributed by atoms with Gasteiger partial charge in [0.1, 0.15) is 12.4 Å². The van der Waals surface area contributed by atoms with Crippen LogP contribution in [-0.4, -0.2) is 30.5 Å². The monoisotopic (exact) mass is 451 g/mol. The van der Waals surface area contributed by atoms with E-state index in [2.05, 4.69) is 34.2 Å². The number of aliphatic imine (C=N–C) groups is 1. The molecule has 0 amide bonds. The van der Waals surface area contributed by atoms with Crippen LogP contribution in [0.25, 0.3) is 0 Å². The van der Waals surface area contributed by atoms with Gasteiger partial charge >= 0.3 is 0 Å². The number of guanidine groups is 1. The average Bonchev–Trinajstić information content (AvgIpc) is 3.46. The second kappa shape index (κ2) is 9.65. The molecule has 1 saturated carbocycles. The fourth-order valence-electron chi connectivity index (χ4n) is 2.55. The van der Waals surface area contributed by atoms with Crippen molar-refractivity contribution >= 4 is 29.9 Å². The van der Waals surface area contributed by atoms with Gasteiger partial charge in [-0.3, -0.25) is 4.99 Å². The molecule has 5 heteroatoms. The predicted octanol–water partition coefficient (Wildman–Crippen LogP) is 3.84. The molecule has 0 saturated heterocycles. The summed E-state index contributed by atoms with van der Waals surface area (Å²) in [5.41, 5.74) is 8.41. The van der Waals surface area contributed by atoms with E-state index in [1.54, 1.807) is 0 Å². The molecule has 4 nitrogen and oxygen atoms in total. The summed E-state index contributed by atoms with van der Waals surface area (Å²) in [6, 6.07) is 19.0. The summed E-state index contributed by atoms with van der Waals surface area (Å²) < 4.78 is 5.80. The minimum absolute atomic E-state index is 0. The summed E-state index contributed by atoms with van der Waals surface area (Å²) in [4.78, 5) is 6.55. The summed E-state index contributed by atoms with van der Waals surface area (Å²) in [6.45, 7) is 1.31. The Morgan fingerprint density at radius 1 is 1.08 bits per heavy atom. The zero-order valence-electron chi connectivity index (χ0n) is 14.6. The Hall–Kier alpha value is -1.76. The first-order valence-electron chi connectivity index (χ1n) is 8.51. The van der Waals surface area contributed by atoms with Crippen molar-refractivity contribution in [2.45, 2.75) is 31.9 Å². The second-order valence-electron chi connectivity index (χ2n) is 6.25. The lowest BCUT2D eigenvalue weighted by molar-refractivity contribution is 0.306. The molecule has 0 aliphatic heterocycles. The number of benzene rings is 2. The van der Waals surface area contributed by atoms with Crippen LogP contribution < -0.4 is 10.5 Å². The molecule has 2 aromatic rings. The third-order valence-electron chi connectivity index (χ3n) is 4.30. The number of nitrogens with two attached hydrogens (primary N) is 1. The maximum atomic E-state index is 6.00. The Morgan fingerprint density at radius 3 is 2.40 bits per heavy atom. The van der Waals surface area contributed by atoms with Crippen molar-refractivity contribution in [3.8, 4) is 5.75 Å². The second-order valence-corrected chi connectivity index (χ2v) is 6.25. The van der Waals surface area contributed by atoms with Crippen LogP contribution in [0.15, 0.2) is 59.6 Å². The van der Waals surface area contributed by atoms with E-state index in [1.165, 1.54) is 24.0 Å². The molecule has 1 fully saturated rings. The first-order chi connectivity index (χ1) is 11.7. The zero-order valence-corrected chi connectivity index (χ0v) is 16.9. The van der Waals surface area contributed by atoms with Crippen LogP contribution in [0.2, 0.25) is 0 Å². The van der Waals surface area contributed by atoms with E-state index < -0.39 is 0 Å². The van der Waals surface area contributed by atoms with Crippen molar-refractivity contribution in [1.82, 2.24) is 4.90 Å². The van der Waals surface area contributed by atoms with E-state index in [0.29, 0.717) is 25.2 Å². The molecular formula is C20H26IN3O. The van der Waals surface area contributed by atoms with Gasteiger partial charge in [-0.1, -0.05) is 42.5 Å². The molecule has 2 aromatic carbocycles. The number of hydrogen-bond donors (Lipinski definition) is 1. The molecule has 0 heterocycles. The van der Waals surface area contributed by atoms with Gasteiger partial charge in [0, 0.05) is 19.6 Å². The van der Waals surface area contributed by atoms with Crippen molar-refractivity contribution in [2.24, 2.45) is 10.7 Å². The number of hydrogen-bond acceptors (Lipinski definition) is 2. The minimum Gasteiger partial charge on any atom is -0.489 e. The molecular weight excluding hydrogens is 425 g/mol. The fourth-order valence-corrected chi connectivity index (χ4v) is 2.55. The molecule has 0 unspecified atom stereocenters. The van der Waals surface area contributed by atoms with Crippen molar-refractivity contribution < 1.29 is 4.74 Å². The van der Waals surface area contributed by atoms with Gasteiger partial charge in [0.25, 0.3) is 0 Å². The summed E-state index contributed by atoms with van der Waals surface area (Å²) in [5.74, 6) is 1.54. The summed E-state index contributed by atoms with van der Waals surface area (Å²) in [6.07, 6.45) is 3.35. The van der Waals surface area contributed by atoms with Crippen LogP contribution in [0, 0.1) is 0 Å². The number of rotatable bonds is 7. The van der Waals surface area contributed by atoms with Gasteiger partial charge in [0.05, 0.1) is 0 Å². The normalized spacial score (nSPS) is 13.9. The highest BCUT2D eigenvalue weighted by Gasteiger charge is 2.27. The highest BCUT2D eigenvalue weighted by molar-refractivity contribution is 14.0. The molecule has 25 heavy (non-hydrogen) atoms. The third kappa shape index (κ3) is 6.23. The molecule has 134 valence electrons. The maximum Gasteiger partial charge on any atom is 0.191 e.